The minimum Gasteiger partial charge on any atom is -0.492 e. The van der Waals surface area contributed by atoms with Gasteiger partial charge < -0.3 is 10.1 Å². The Hall–Kier alpha value is -1.80. The van der Waals surface area contributed by atoms with Crippen LogP contribution in [0.15, 0.2) is 54.6 Å². The van der Waals surface area contributed by atoms with Crippen molar-refractivity contribution in [1.29, 1.82) is 0 Å². The Labute approximate surface area is 128 Å². The van der Waals surface area contributed by atoms with E-state index in [1.54, 1.807) is 0 Å². The number of nitrogens with one attached hydrogen (secondary N) is 1. The molecule has 0 fully saturated rings. The molecule has 0 saturated carbocycles. The van der Waals surface area contributed by atoms with Gasteiger partial charge >= 0.3 is 0 Å². The van der Waals surface area contributed by atoms with Gasteiger partial charge in [-0.15, -0.1) is 0 Å². The van der Waals surface area contributed by atoms with Gasteiger partial charge in [0.05, 0.1) is 6.04 Å². The Morgan fingerprint density at radius 1 is 0.952 bits per heavy atom. The highest BCUT2D eigenvalue weighted by Gasteiger charge is 2.15. The summed E-state index contributed by atoms with van der Waals surface area (Å²) in [6, 6.07) is 18.9. The van der Waals surface area contributed by atoms with Gasteiger partial charge in [-0.1, -0.05) is 63.2 Å². The molecule has 0 aliphatic heterocycles. The standard InChI is InChI=1S/C19H25NO/c1-19(2,3)16-12-10-15(11-13-16)18(20-4)14-21-17-8-6-5-7-9-17/h5-13,18,20H,14H2,1-4H3. The fraction of sp³-hybridized carbons (Fsp3) is 0.368. The summed E-state index contributed by atoms with van der Waals surface area (Å²) in [6.45, 7) is 7.32. The van der Waals surface area contributed by atoms with E-state index < -0.39 is 0 Å². The molecule has 2 heteroatoms. The van der Waals surface area contributed by atoms with Gasteiger partial charge in [0.25, 0.3) is 0 Å². The van der Waals surface area contributed by atoms with Gasteiger partial charge in [-0.2, -0.15) is 0 Å². The maximum atomic E-state index is 5.85. The van der Waals surface area contributed by atoms with Crippen molar-refractivity contribution in [3.8, 4) is 5.75 Å². The van der Waals surface area contributed by atoms with Crippen molar-refractivity contribution < 1.29 is 4.74 Å². The van der Waals surface area contributed by atoms with E-state index in [-0.39, 0.29) is 11.5 Å². The van der Waals surface area contributed by atoms with E-state index in [4.69, 9.17) is 4.74 Å². The van der Waals surface area contributed by atoms with Crippen molar-refractivity contribution in [2.75, 3.05) is 13.7 Å². The van der Waals surface area contributed by atoms with Crippen LogP contribution in [0.3, 0.4) is 0 Å². The van der Waals surface area contributed by atoms with E-state index in [1.807, 2.05) is 37.4 Å². The smallest absolute Gasteiger partial charge is 0.119 e. The lowest BCUT2D eigenvalue weighted by Crippen LogP contribution is -2.23. The maximum Gasteiger partial charge on any atom is 0.119 e. The molecule has 1 unspecified atom stereocenters. The van der Waals surface area contributed by atoms with Crippen LogP contribution < -0.4 is 10.1 Å². The number of benzene rings is 2. The van der Waals surface area contributed by atoms with E-state index in [0.717, 1.165) is 5.75 Å². The molecule has 0 heterocycles. The molecule has 2 aromatic carbocycles. The highest BCUT2D eigenvalue weighted by atomic mass is 16.5. The summed E-state index contributed by atoms with van der Waals surface area (Å²) in [4.78, 5) is 0. The fourth-order valence-corrected chi connectivity index (χ4v) is 2.26. The quantitative estimate of drug-likeness (QED) is 0.882. The second-order valence-electron chi connectivity index (χ2n) is 6.34. The monoisotopic (exact) mass is 283 g/mol. The predicted octanol–water partition coefficient (Wildman–Crippen LogP) is 4.32. The molecule has 2 nitrogen and oxygen atoms in total. The zero-order valence-corrected chi connectivity index (χ0v) is 13.4. The molecule has 112 valence electrons. The van der Waals surface area contributed by atoms with Gasteiger partial charge in [-0.05, 0) is 35.7 Å². The third-order valence-corrected chi connectivity index (χ3v) is 3.69. The third-order valence-electron chi connectivity index (χ3n) is 3.69. The Kier molecular flexibility index (Phi) is 5.03. The number of likely N-dealkylation sites (N-methyl/N-ethyl adjacent to an activating group) is 1. The van der Waals surface area contributed by atoms with Crippen molar-refractivity contribution in [3.63, 3.8) is 0 Å². The molecule has 0 bridgehead atoms. The predicted molar refractivity (Wildman–Crippen MR) is 88.9 cm³/mol. The zero-order chi connectivity index (χ0) is 15.3. The molecule has 0 saturated heterocycles. The zero-order valence-electron chi connectivity index (χ0n) is 13.4. The largest absolute Gasteiger partial charge is 0.492 e. The highest BCUT2D eigenvalue weighted by molar-refractivity contribution is 5.29. The first kappa shape index (κ1) is 15.6. The summed E-state index contributed by atoms with van der Waals surface area (Å²) < 4.78 is 5.85. The number of hydrogen-bond donors (Lipinski definition) is 1. The van der Waals surface area contributed by atoms with Crippen LogP contribution in [0.1, 0.15) is 37.9 Å². The van der Waals surface area contributed by atoms with Crippen LogP contribution in [0.25, 0.3) is 0 Å². The summed E-state index contributed by atoms with van der Waals surface area (Å²) in [6.07, 6.45) is 0. The minimum absolute atomic E-state index is 0.189. The van der Waals surface area contributed by atoms with Gasteiger partial charge in [0, 0.05) is 0 Å². The summed E-state index contributed by atoms with van der Waals surface area (Å²) >= 11 is 0. The van der Waals surface area contributed by atoms with Crippen LogP contribution in [0.4, 0.5) is 0 Å². The van der Waals surface area contributed by atoms with Crippen LogP contribution in [-0.4, -0.2) is 13.7 Å². The summed E-state index contributed by atoms with van der Waals surface area (Å²) in [5, 5.41) is 3.32. The van der Waals surface area contributed by atoms with Crippen LogP contribution in [0.5, 0.6) is 5.75 Å². The Morgan fingerprint density at radius 3 is 2.10 bits per heavy atom. The third kappa shape index (κ3) is 4.33. The average Bonchev–Trinajstić information content (AvgIpc) is 2.48. The summed E-state index contributed by atoms with van der Waals surface area (Å²) in [5.41, 5.74) is 2.79. The Balaban J connectivity index is 2.04. The molecule has 0 spiro atoms. The van der Waals surface area contributed by atoms with Gasteiger partial charge in [0.15, 0.2) is 0 Å². The molecule has 2 aromatic rings. The molecule has 0 aliphatic carbocycles. The molecule has 1 N–H and O–H groups in total. The molecule has 21 heavy (non-hydrogen) atoms. The molecule has 0 aliphatic rings. The Morgan fingerprint density at radius 2 is 1.57 bits per heavy atom. The van der Waals surface area contributed by atoms with Crippen LogP contribution in [-0.2, 0) is 5.41 Å². The molecule has 1 atom stereocenters. The lowest BCUT2D eigenvalue weighted by molar-refractivity contribution is 0.273. The van der Waals surface area contributed by atoms with Gasteiger partial charge in [0.2, 0.25) is 0 Å². The van der Waals surface area contributed by atoms with Crippen LogP contribution in [0, 0.1) is 0 Å². The van der Waals surface area contributed by atoms with Gasteiger partial charge in [-0.25, -0.2) is 0 Å². The maximum absolute atomic E-state index is 5.85. The van der Waals surface area contributed by atoms with Crippen molar-refractivity contribution in [2.24, 2.45) is 0 Å². The van der Waals surface area contributed by atoms with Crippen LogP contribution in [0.2, 0.25) is 0 Å². The lowest BCUT2D eigenvalue weighted by atomic mass is 9.86. The van der Waals surface area contributed by atoms with E-state index in [1.165, 1.54) is 11.1 Å². The number of ether oxygens (including phenoxy) is 1. The van der Waals surface area contributed by atoms with E-state index in [0.29, 0.717) is 6.61 Å². The minimum atomic E-state index is 0.189. The topological polar surface area (TPSA) is 21.3 Å². The first-order chi connectivity index (χ1) is 10.0. The molecule has 2 rings (SSSR count). The fourth-order valence-electron chi connectivity index (χ4n) is 2.26. The molecule has 0 radical (unpaired) electrons. The van der Waals surface area contributed by atoms with Crippen molar-refractivity contribution in [2.45, 2.75) is 32.2 Å². The number of hydrogen-bond acceptors (Lipinski definition) is 2. The average molecular weight is 283 g/mol. The molecule has 0 aromatic heterocycles. The normalized spacial score (nSPS) is 13.0. The Bertz CT molecular complexity index is 540. The van der Waals surface area contributed by atoms with Crippen molar-refractivity contribution in [3.05, 3.63) is 65.7 Å². The van der Waals surface area contributed by atoms with E-state index in [2.05, 4.69) is 50.4 Å². The molecular weight excluding hydrogens is 258 g/mol. The van der Waals surface area contributed by atoms with E-state index in [9.17, 15) is 0 Å². The van der Waals surface area contributed by atoms with Gasteiger partial charge in [-0.3, -0.25) is 0 Å². The second-order valence-corrected chi connectivity index (χ2v) is 6.34. The molecule has 0 amide bonds. The first-order valence-corrected chi connectivity index (χ1v) is 7.46. The summed E-state index contributed by atoms with van der Waals surface area (Å²) in [7, 11) is 1.97. The number of para-hydroxylation sites is 1. The van der Waals surface area contributed by atoms with E-state index >= 15 is 0 Å². The lowest BCUT2D eigenvalue weighted by Gasteiger charge is -2.21. The SMILES string of the molecule is CNC(COc1ccccc1)c1ccc(C(C)(C)C)cc1. The van der Waals surface area contributed by atoms with Crippen molar-refractivity contribution >= 4 is 0 Å². The number of rotatable bonds is 5. The highest BCUT2D eigenvalue weighted by Crippen LogP contribution is 2.24. The van der Waals surface area contributed by atoms with Crippen molar-refractivity contribution in [1.82, 2.24) is 5.32 Å². The van der Waals surface area contributed by atoms with Crippen LogP contribution >= 0.6 is 0 Å². The van der Waals surface area contributed by atoms with Gasteiger partial charge in [0.1, 0.15) is 12.4 Å². The first-order valence-electron chi connectivity index (χ1n) is 7.46. The molecular formula is C19H25NO. The second kappa shape index (κ2) is 6.77. The summed E-state index contributed by atoms with van der Waals surface area (Å²) in [5.74, 6) is 0.907.